The average Bonchev–Trinajstić information content (AvgIpc) is 3.08. The minimum absolute atomic E-state index is 0.0822. The Morgan fingerprint density at radius 2 is 1.65 bits per heavy atom. The Morgan fingerprint density at radius 1 is 1.04 bits per heavy atom. The van der Waals surface area contributed by atoms with Gasteiger partial charge in [0.2, 0.25) is 11.8 Å². The zero-order valence-electron chi connectivity index (χ0n) is 15.1. The fourth-order valence-corrected chi connectivity index (χ4v) is 3.26. The highest BCUT2D eigenvalue weighted by molar-refractivity contribution is 6.05. The molecule has 0 spiro atoms. The van der Waals surface area contributed by atoms with Gasteiger partial charge in [-0.05, 0) is 24.3 Å². The summed E-state index contributed by atoms with van der Waals surface area (Å²) in [5, 5.41) is 0. The number of ether oxygens (including phenoxy) is 2. The maximum Gasteiger partial charge on any atom is 0.232 e. The third-order valence-corrected chi connectivity index (χ3v) is 4.63. The molecule has 1 heterocycles. The van der Waals surface area contributed by atoms with Gasteiger partial charge in [0.1, 0.15) is 11.5 Å². The monoisotopic (exact) mass is 354 g/mol. The molecule has 1 saturated heterocycles. The van der Waals surface area contributed by atoms with Crippen molar-refractivity contribution in [2.75, 3.05) is 37.6 Å². The molecule has 2 amide bonds. The van der Waals surface area contributed by atoms with Crippen LogP contribution in [0.3, 0.4) is 0 Å². The van der Waals surface area contributed by atoms with E-state index in [1.807, 2.05) is 36.4 Å². The summed E-state index contributed by atoms with van der Waals surface area (Å²) in [6.07, 6.45) is 0.177. The molecule has 1 fully saturated rings. The van der Waals surface area contributed by atoms with Crippen LogP contribution in [0.4, 0.5) is 11.4 Å². The summed E-state index contributed by atoms with van der Waals surface area (Å²) in [7, 11) is 4.84. The van der Waals surface area contributed by atoms with Gasteiger partial charge in [0, 0.05) is 20.0 Å². The summed E-state index contributed by atoms with van der Waals surface area (Å²) < 4.78 is 10.7. The highest BCUT2D eigenvalue weighted by Gasteiger charge is 2.38. The molecule has 6 nitrogen and oxygen atoms in total. The van der Waals surface area contributed by atoms with Crippen molar-refractivity contribution in [3.8, 4) is 11.5 Å². The Hall–Kier alpha value is -3.02. The second-order valence-corrected chi connectivity index (χ2v) is 6.15. The predicted molar refractivity (Wildman–Crippen MR) is 99.9 cm³/mol. The van der Waals surface area contributed by atoms with Crippen LogP contribution in [0.1, 0.15) is 6.42 Å². The smallest absolute Gasteiger partial charge is 0.232 e. The quantitative estimate of drug-likeness (QED) is 0.828. The van der Waals surface area contributed by atoms with Crippen LogP contribution in [0.15, 0.2) is 48.5 Å². The van der Waals surface area contributed by atoms with Crippen molar-refractivity contribution in [3.05, 3.63) is 48.5 Å². The van der Waals surface area contributed by atoms with Crippen molar-refractivity contribution in [2.45, 2.75) is 6.42 Å². The van der Waals surface area contributed by atoms with Gasteiger partial charge in [0.15, 0.2) is 0 Å². The molecule has 136 valence electrons. The van der Waals surface area contributed by atoms with Gasteiger partial charge in [-0.3, -0.25) is 9.59 Å². The van der Waals surface area contributed by atoms with E-state index in [1.165, 1.54) is 0 Å². The van der Waals surface area contributed by atoms with Crippen LogP contribution in [0, 0.1) is 5.92 Å². The number of methoxy groups -OCH3 is 2. The Bertz CT molecular complexity index is 821. The SMILES string of the molecule is COc1ccccc1N(C)C(=O)[C@@H]1CC(=O)N(c2ccccc2OC)C1. The molecule has 0 radical (unpaired) electrons. The Balaban J connectivity index is 1.81. The molecule has 26 heavy (non-hydrogen) atoms. The maximum absolute atomic E-state index is 13.0. The Labute approximate surface area is 152 Å². The summed E-state index contributed by atoms with van der Waals surface area (Å²) in [4.78, 5) is 28.6. The summed E-state index contributed by atoms with van der Waals surface area (Å²) in [5.41, 5.74) is 1.37. The molecule has 6 heteroatoms. The number of rotatable bonds is 5. The van der Waals surface area contributed by atoms with Crippen LogP contribution >= 0.6 is 0 Å². The minimum Gasteiger partial charge on any atom is -0.495 e. The standard InChI is InChI=1S/C20H22N2O4/c1-21(15-8-4-6-10-17(15)25-2)20(24)14-12-19(23)22(13-14)16-9-5-7-11-18(16)26-3/h4-11,14H,12-13H2,1-3H3/t14-/m1/s1. The molecular weight excluding hydrogens is 332 g/mol. The fourth-order valence-electron chi connectivity index (χ4n) is 3.26. The van der Waals surface area contributed by atoms with Crippen LogP contribution < -0.4 is 19.3 Å². The summed E-state index contributed by atoms with van der Waals surface area (Å²) >= 11 is 0. The van der Waals surface area contributed by atoms with Crippen LogP contribution in [0.5, 0.6) is 11.5 Å². The van der Waals surface area contributed by atoms with Crippen molar-refractivity contribution < 1.29 is 19.1 Å². The van der Waals surface area contributed by atoms with E-state index in [2.05, 4.69) is 0 Å². The molecule has 0 bridgehead atoms. The lowest BCUT2D eigenvalue weighted by molar-refractivity contribution is -0.124. The van der Waals surface area contributed by atoms with E-state index < -0.39 is 5.92 Å². The van der Waals surface area contributed by atoms with Gasteiger partial charge < -0.3 is 19.3 Å². The highest BCUT2D eigenvalue weighted by atomic mass is 16.5. The predicted octanol–water partition coefficient (Wildman–Crippen LogP) is 2.72. The lowest BCUT2D eigenvalue weighted by atomic mass is 10.1. The summed E-state index contributed by atoms with van der Waals surface area (Å²) in [6.45, 7) is 0.331. The van der Waals surface area contributed by atoms with Gasteiger partial charge in [-0.25, -0.2) is 0 Å². The minimum atomic E-state index is -0.415. The van der Waals surface area contributed by atoms with Crippen molar-refractivity contribution in [2.24, 2.45) is 5.92 Å². The molecule has 2 aromatic rings. The number of carbonyl (C=O) groups is 2. The number of benzene rings is 2. The van der Waals surface area contributed by atoms with Crippen molar-refractivity contribution >= 4 is 23.2 Å². The Kier molecular flexibility index (Phi) is 5.11. The second-order valence-electron chi connectivity index (χ2n) is 6.15. The molecule has 0 aromatic heterocycles. The first-order chi connectivity index (χ1) is 12.6. The zero-order valence-corrected chi connectivity index (χ0v) is 15.1. The molecule has 1 aliphatic rings. The van der Waals surface area contributed by atoms with Crippen molar-refractivity contribution in [1.82, 2.24) is 0 Å². The molecule has 0 unspecified atom stereocenters. The number of carbonyl (C=O) groups excluding carboxylic acids is 2. The van der Waals surface area contributed by atoms with Gasteiger partial charge >= 0.3 is 0 Å². The summed E-state index contributed by atoms with van der Waals surface area (Å²) in [5.74, 6) is 0.630. The molecule has 1 aliphatic heterocycles. The van der Waals surface area contributed by atoms with Gasteiger partial charge in [-0.2, -0.15) is 0 Å². The first kappa shape index (κ1) is 17.8. The lowest BCUT2D eigenvalue weighted by Gasteiger charge is -2.23. The van der Waals surface area contributed by atoms with E-state index in [-0.39, 0.29) is 18.2 Å². The van der Waals surface area contributed by atoms with E-state index in [0.717, 1.165) is 0 Å². The van der Waals surface area contributed by atoms with Crippen molar-refractivity contribution in [1.29, 1.82) is 0 Å². The first-order valence-electron chi connectivity index (χ1n) is 8.40. The summed E-state index contributed by atoms with van der Waals surface area (Å²) in [6, 6.07) is 14.7. The third-order valence-electron chi connectivity index (χ3n) is 4.63. The van der Waals surface area contributed by atoms with Gasteiger partial charge in [0.05, 0.1) is 31.5 Å². The number of hydrogen-bond donors (Lipinski definition) is 0. The first-order valence-corrected chi connectivity index (χ1v) is 8.40. The van der Waals surface area contributed by atoms with Crippen LogP contribution in [0.2, 0.25) is 0 Å². The molecule has 2 aromatic carbocycles. The molecule has 3 rings (SSSR count). The number of nitrogens with zero attached hydrogens (tertiary/aromatic N) is 2. The highest BCUT2D eigenvalue weighted by Crippen LogP contribution is 2.34. The van der Waals surface area contributed by atoms with Crippen LogP contribution in [-0.4, -0.2) is 39.6 Å². The maximum atomic E-state index is 13.0. The van der Waals surface area contributed by atoms with Gasteiger partial charge in [-0.15, -0.1) is 0 Å². The lowest BCUT2D eigenvalue weighted by Crippen LogP contribution is -2.35. The van der Waals surface area contributed by atoms with Crippen LogP contribution in [0.25, 0.3) is 0 Å². The molecule has 0 saturated carbocycles. The van der Waals surface area contributed by atoms with Gasteiger partial charge in [-0.1, -0.05) is 24.3 Å². The molecule has 0 aliphatic carbocycles. The van der Waals surface area contributed by atoms with E-state index in [4.69, 9.17) is 9.47 Å². The zero-order chi connectivity index (χ0) is 18.7. The molecule has 0 N–H and O–H groups in total. The van der Waals surface area contributed by atoms with Crippen molar-refractivity contribution in [3.63, 3.8) is 0 Å². The number of anilines is 2. The average molecular weight is 354 g/mol. The normalized spacial score (nSPS) is 16.5. The molecule has 1 atom stereocenters. The van der Waals surface area contributed by atoms with E-state index >= 15 is 0 Å². The third kappa shape index (κ3) is 3.22. The van der Waals surface area contributed by atoms with E-state index in [0.29, 0.717) is 29.4 Å². The largest absolute Gasteiger partial charge is 0.495 e. The number of amides is 2. The Morgan fingerprint density at radius 3 is 2.35 bits per heavy atom. The second kappa shape index (κ2) is 7.47. The topological polar surface area (TPSA) is 59.1 Å². The van der Waals surface area contributed by atoms with Gasteiger partial charge in [0.25, 0.3) is 0 Å². The molecular formula is C20H22N2O4. The number of para-hydroxylation sites is 4. The van der Waals surface area contributed by atoms with E-state index in [1.54, 1.807) is 43.2 Å². The fraction of sp³-hybridized carbons (Fsp3) is 0.300. The van der Waals surface area contributed by atoms with E-state index in [9.17, 15) is 9.59 Å². The number of hydrogen-bond acceptors (Lipinski definition) is 4. The van der Waals surface area contributed by atoms with Crippen LogP contribution in [-0.2, 0) is 9.59 Å².